The minimum Gasteiger partial charge on any atom is -0.397 e. The number of carbonyl (C=O) groups is 1. The Balaban J connectivity index is 2.47. The van der Waals surface area contributed by atoms with Crippen LogP contribution in [-0.4, -0.2) is 5.78 Å². The fourth-order valence-corrected chi connectivity index (χ4v) is 4.36. The molecule has 3 nitrogen and oxygen atoms in total. The number of hydrogen-bond acceptors (Lipinski definition) is 3. The molecule has 0 saturated heterocycles. The van der Waals surface area contributed by atoms with Gasteiger partial charge in [-0.2, -0.15) is 26.3 Å². The highest BCUT2D eigenvalue weighted by atomic mass is 79.9. The van der Waals surface area contributed by atoms with Crippen LogP contribution in [0.5, 0.6) is 0 Å². The number of ketones is 1. The molecule has 2 rings (SSSR count). The SMILES string of the molecule is Nc1c(Cl)cc(C(Br)C(=O)C(Br)c2cc(Cl)c(N)c(C(F)(F)F)c2)cc1C(F)(F)F. The Hall–Kier alpha value is -1.17. The van der Waals surface area contributed by atoms with Gasteiger partial charge in [0.2, 0.25) is 0 Å². The number of halogens is 10. The smallest absolute Gasteiger partial charge is 0.397 e. The van der Waals surface area contributed by atoms with Crippen LogP contribution in [0.2, 0.25) is 10.0 Å². The van der Waals surface area contributed by atoms with E-state index in [0.717, 1.165) is 12.1 Å². The topological polar surface area (TPSA) is 69.1 Å². The number of nitrogens with two attached hydrogens (primary N) is 2. The predicted molar refractivity (Wildman–Crippen MR) is 110 cm³/mol. The standard InChI is InChI=1S/C17H10Br2Cl2F6N2O/c18-11(5-1-7(16(22,23)24)13(28)9(20)3-5)15(30)12(19)6-2-8(17(25,26)27)14(29)10(21)4-6/h1-4,11-12H,28-29H2. The second-order valence-corrected chi connectivity index (χ2v) is 8.70. The monoisotopic (exact) mass is 600 g/mol. The molecule has 0 radical (unpaired) electrons. The molecule has 0 amide bonds. The Kier molecular flexibility index (Phi) is 7.32. The molecule has 4 N–H and O–H groups in total. The Morgan fingerprint density at radius 3 is 1.33 bits per heavy atom. The zero-order valence-electron chi connectivity index (χ0n) is 14.3. The molecule has 0 aliphatic carbocycles. The zero-order chi connectivity index (χ0) is 23.2. The van der Waals surface area contributed by atoms with E-state index in [1.807, 2.05) is 0 Å². The van der Waals surface area contributed by atoms with E-state index in [-0.39, 0.29) is 11.1 Å². The Bertz CT molecular complexity index is 920. The average Bonchev–Trinajstić information content (AvgIpc) is 2.62. The Labute approximate surface area is 192 Å². The van der Waals surface area contributed by atoms with Crippen molar-refractivity contribution in [1.82, 2.24) is 0 Å². The third-order valence-electron chi connectivity index (χ3n) is 4.00. The summed E-state index contributed by atoms with van der Waals surface area (Å²) < 4.78 is 78.9. The van der Waals surface area contributed by atoms with Crippen LogP contribution in [0, 0.1) is 0 Å². The maximum absolute atomic E-state index is 13.2. The van der Waals surface area contributed by atoms with Gasteiger partial charge in [-0.1, -0.05) is 55.1 Å². The van der Waals surface area contributed by atoms with Crippen molar-refractivity contribution in [3.8, 4) is 0 Å². The quantitative estimate of drug-likeness (QED) is 0.219. The van der Waals surface area contributed by atoms with Crippen LogP contribution in [0.3, 0.4) is 0 Å². The van der Waals surface area contributed by atoms with Gasteiger partial charge in [0.1, 0.15) is 0 Å². The summed E-state index contributed by atoms with van der Waals surface area (Å²) in [6, 6.07) is 3.38. The van der Waals surface area contributed by atoms with Crippen LogP contribution in [0.25, 0.3) is 0 Å². The molecule has 0 bridgehead atoms. The first-order valence-electron chi connectivity index (χ1n) is 7.69. The van der Waals surface area contributed by atoms with Gasteiger partial charge in [0.05, 0.1) is 42.2 Å². The number of anilines is 2. The van der Waals surface area contributed by atoms with E-state index in [4.69, 9.17) is 34.7 Å². The Morgan fingerprint density at radius 2 is 1.07 bits per heavy atom. The lowest BCUT2D eigenvalue weighted by Gasteiger charge is -2.19. The van der Waals surface area contributed by atoms with Gasteiger partial charge in [-0.15, -0.1) is 0 Å². The first kappa shape index (κ1) is 25.1. The van der Waals surface area contributed by atoms with Gasteiger partial charge >= 0.3 is 12.4 Å². The highest BCUT2D eigenvalue weighted by molar-refractivity contribution is 9.10. The van der Waals surface area contributed by atoms with Crippen LogP contribution in [0.4, 0.5) is 37.7 Å². The molecule has 2 aromatic rings. The summed E-state index contributed by atoms with van der Waals surface area (Å²) in [5.41, 5.74) is 6.43. The molecule has 2 aromatic carbocycles. The largest absolute Gasteiger partial charge is 0.418 e. The van der Waals surface area contributed by atoms with Crippen molar-refractivity contribution < 1.29 is 31.1 Å². The minimum atomic E-state index is -4.83. The van der Waals surface area contributed by atoms with Crippen molar-refractivity contribution >= 4 is 72.2 Å². The molecule has 0 fully saturated rings. The van der Waals surface area contributed by atoms with Crippen molar-refractivity contribution in [2.45, 2.75) is 22.0 Å². The van der Waals surface area contributed by atoms with Crippen LogP contribution in [-0.2, 0) is 17.1 Å². The van der Waals surface area contributed by atoms with Crippen molar-refractivity contribution in [2.24, 2.45) is 0 Å². The first-order valence-corrected chi connectivity index (χ1v) is 10.3. The van der Waals surface area contributed by atoms with Gasteiger partial charge in [-0.3, -0.25) is 4.79 Å². The third kappa shape index (κ3) is 5.17. The average molecular weight is 603 g/mol. The van der Waals surface area contributed by atoms with Crippen molar-refractivity contribution in [3.05, 3.63) is 56.6 Å². The fourth-order valence-electron chi connectivity index (χ4n) is 2.50. The van der Waals surface area contributed by atoms with Crippen molar-refractivity contribution in [2.75, 3.05) is 11.5 Å². The van der Waals surface area contributed by atoms with Gasteiger partial charge in [0, 0.05) is 0 Å². The highest BCUT2D eigenvalue weighted by Gasteiger charge is 2.38. The van der Waals surface area contributed by atoms with Gasteiger partial charge in [-0.05, 0) is 35.4 Å². The van der Waals surface area contributed by atoms with E-state index in [1.54, 1.807) is 0 Å². The number of benzene rings is 2. The summed E-state index contributed by atoms with van der Waals surface area (Å²) in [6.45, 7) is 0. The molecule has 30 heavy (non-hydrogen) atoms. The van der Waals surface area contributed by atoms with E-state index in [2.05, 4.69) is 31.9 Å². The molecule has 0 heterocycles. The van der Waals surface area contributed by atoms with E-state index in [9.17, 15) is 31.1 Å². The molecule has 0 aliphatic heterocycles. The highest BCUT2D eigenvalue weighted by Crippen LogP contribution is 2.44. The van der Waals surface area contributed by atoms with Crippen molar-refractivity contribution in [3.63, 3.8) is 0 Å². The Morgan fingerprint density at radius 1 is 0.767 bits per heavy atom. The molecule has 164 valence electrons. The molecule has 2 atom stereocenters. The molecule has 0 spiro atoms. The fraction of sp³-hybridized carbons (Fsp3) is 0.235. The van der Waals surface area contributed by atoms with E-state index >= 15 is 0 Å². The van der Waals surface area contributed by atoms with Crippen LogP contribution in [0.1, 0.15) is 31.9 Å². The predicted octanol–water partition coefficient (Wildman–Crippen LogP) is 7.34. The minimum absolute atomic E-state index is 0.187. The summed E-state index contributed by atoms with van der Waals surface area (Å²) in [6.07, 6.45) is -9.67. The summed E-state index contributed by atoms with van der Waals surface area (Å²) in [7, 11) is 0. The maximum atomic E-state index is 13.2. The summed E-state index contributed by atoms with van der Waals surface area (Å²) in [5, 5.41) is -0.865. The molecule has 2 unspecified atom stereocenters. The van der Waals surface area contributed by atoms with Crippen molar-refractivity contribution in [1.29, 1.82) is 0 Å². The second-order valence-electron chi connectivity index (χ2n) is 6.05. The number of alkyl halides is 8. The lowest BCUT2D eigenvalue weighted by molar-refractivity contribution is -0.137. The lowest BCUT2D eigenvalue weighted by Crippen LogP contribution is -2.17. The van der Waals surface area contributed by atoms with Gasteiger partial charge in [0.15, 0.2) is 5.78 Å². The van der Waals surface area contributed by atoms with Crippen LogP contribution >= 0.6 is 55.1 Å². The second kappa shape index (κ2) is 8.76. The summed E-state index contributed by atoms with van der Waals surface area (Å²) in [4.78, 5) is 10.0. The van der Waals surface area contributed by atoms with Crippen LogP contribution < -0.4 is 11.5 Å². The first-order chi connectivity index (χ1) is 13.6. The lowest BCUT2D eigenvalue weighted by atomic mass is 9.98. The number of nitrogen functional groups attached to an aromatic ring is 2. The summed E-state index contributed by atoms with van der Waals surface area (Å²) >= 11 is 17.5. The van der Waals surface area contributed by atoms with E-state index in [1.165, 1.54) is 0 Å². The molecule has 0 saturated carbocycles. The third-order valence-corrected chi connectivity index (χ3v) is 6.58. The van der Waals surface area contributed by atoms with Gasteiger partial charge < -0.3 is 11.5 Å². The number of rotatable bonds is 4. The number of Topliss-reactive ketones (excluding diaryl/α,β-unsaturated/α-hetero) is 1. The molecular weight excluding hydrogens is 593 g/mol. The van der Waals surface area contributed by atoms with E-state index in [0.29, 0.717) is 12.1 Å². The normalized spacial score (nSPS) is 14.5. The summed E-state index contributed by atoms with van der Waals surface area (Å²) in [5.74, 6) is -0.807. The van der Waals surface area contributed by atoms with Gasteiger partial charge in [0.25, 0.3) is 0 Å². The van der Waals surface area contributed by atoms with Crippen LogP contribution in [0.15, 0.2) is 24.3 Å². The molecule has 0 aromatic heterocycles. The molecular formula is C17H10Br2Cl2F6N2O. The molecule has 13 heteroatoms. The molecule has 0 aliphatic rings. The van der Waals surface area contributed by atoms with Gasteiger partial charge in [-0.25, -0.2) is 0 Å². The van der Waals surface area contributed by atoms with E-state index < -0.39 is 60.3 Å². The number of carbonyl (C=O) groups excluding carboxylic acids is 1. The number of hydrogen-bond donors (Lipinski definition) is 2. The zero-order valence-corrected chi connectivity index (χ0v) is 19.0. The maximum Gasteiger partial charge on any atom is 0.418 e.